The number of nitrogens with one attached hydrogen (secondary N) is 1. The maximum atomic E-state index is 11.5. The molecule has 19 heavy (non-hydrogen) atoms. The van der Waals surface area contributed by atoms with E-state index >= 15 is 0 Å². The van der Waals surface area contributed by atoms with E-state index in [2.05, 4.69) is 5.32 Å². The molecule has 0 radical (unpaired) electrons. The first-order chi connectivity index (χ1) is 9.08. The minimum atomic E-state index is -0.569. The molecule has 3 N–H and O–H groups in total. The molecule has 6 heteroatoms. The van der Waals surface area contributed by atoms with Crippen LogP contribution in [0.1, 0.15) is 6.92 Å². The summed E-state index contributed by atoms with van der Waals surface area (Å²) in [6, 6.07) is 4.57. The first kappa shape index (κ1) is 15.3. The summed E-state index contributed by atoms with van der Waals surface area (Å²) in [7, 11) is 3.15. The van der Waals surface area contributed by atoms with Crippen LogP contribution in [0.15, 0.2) is 18.2 Å². The Bertz CT molecular complexity index is 421. The van der Waals surface area contributed by atoms with Gasteiger partial charge in [-0.15, -0.1) is 0 Å². The molecule has 0 unspecified atom stereocenters. The van der Waals surface area contributed by atoms with Gasteiger partial charge in [-0.1, -0.05) is 0 Å². The standard InChI is InChI=1S/C13H20N2O4/c1-9(14)13(16)15-10-4-5-11(18-3)12(8-10)19-7-6-17-2/h4-5,8-9H,6-7,14H2,1-3H3,(H,15,16)/t9-/m0/s1. The fourth-order valence-electron chi connectivity index (χ4n) is 1.36. The van der Waals surface area contributed by atoms with Gasteiger partial charge in [0.05, 0.1) is 19.8 Å². The van der Waals surface area contributed by atoms with Gasteiger partial charge in [0.15, 0.2) is 11.5 Å². The first-order valence-corrected chi connectivity index (χ1v) is 5.94. The van der Waals surface area contributed by atoms with Crippen LogP contribution >= 0.6 is 0 Å². The lowest BCUT2D eigenvalue weighted by Gasteiger charge is -2.13. The zero-order chi connectivity index (χ0) is 14.3. The number of nitrogens with two attached hydrogens (primary N) is 1. The van der Waals surface area contributed by atoms with E-state index in [9.17, 15) is 4.79 Å². The van der Waals surface area contributed by atoms with Gasteiger partial charge in [0.1, 0.15) is 6.61 Å². The maximum Gasteiger partial charge on any atom is 0.241 e. The van der Waals surface area contributed by atoms with Crippen LogP contribution in [0.2, 0.25) is 0 Å². The van der Waals surface area contributed by atoms with Gasteiger partial charge in [-0.3, -0.25) is 4.79 Å². The minimum Gasteiger partial charge on any atom is -0.493 e. The summed E-state index contributed by atoms with van der Waals surface area (Å²) < 4.78 is 15.6. The van der Waals surface area contributed by atoms with Crippen LogP contribution in [0.25, 0.3) is 0 Å². The lowest BCUT2D eigenvalue weighted by Crippen LogP contribution is -2.32. The van der Waals surface area contributed by atoms with Crippen LogP contribution in [0.5, 0.6) is 11.5 Å². The first-order valence-electron chi connectivity index (χ1n) is 5.94. The van der Waals surface area contributed by atoms with Crippen molar-refractivity contribution < 1.29 is 19.0 Å². The summed E-state index contributed by atoms with van der Waals surface area (Å²) in [6.07, 6.45) is 0. The van der Waals surface area contributed by atoms with Crippen molar-refractivity contribution in [2.75, 3.05) is 32.8 Å². The molecule has 6 nitrogen and oxygen atoms in total. The van der Waals surface area contributed by atoms with Crippen LogP contribution in [0.3, 0.4) is 0 Å². The third-order valence-corrected chi connectivity index (χ3v) is 2.39. The molecule has 0 aromatic heterocycles. The van der Waals surface area contributed by atoms with Crippen molar-refractivity contribution in [1.29, 1.82) is 0 Å². The Kier molecular flexibility index (Phi) is 6.11. The molecule has 0 bridgehead atoms. The molecule has 106 valence electrons. The fourth-order valence-corrected chi connectivity index (χ4v) is 1.36. The van der Waals surface area contributed by atoms with Crippen molar-refractivity contribution >= 4 is 11.6 Å². The zero-order valence-corrected chi connectivity index (χ0v) is 11.4. The molecule has 1 aromatic carbocycles. The average Bonchev–Trinajstić information content (AvgIpc) is 2.39. The Hall–Kier alpha value is -1.79. The van der Waals surface area contributed by atoms with E-state index in [1.807, 2.05) is 0 Å². The fraction of sp³-hybridized carbons (Fsp3) is 0.462. The summed E-state index contributed by atoms with van der Waals surface area (Å²) in [5.41, 5.74) is 6.10. The zero-order valence-electron chi connectivity index (χ0n) is 11.4. The second kappa shape index (κ2) is 7.60. The number of anilines is 1. The number of methoxy groups -OCH3 is 2. The van der Waals surface area contributed by atoms with Crippen LogP contribution in [0.4, 0.5) is 5.69 Å². The van der Waals surface area contributed by atoms with Crippen LogP contribution in [-0.2, 0) is 9.53 Å². The van der Waals surface area contributed by atoms with E-state index in [1.165, 1.54) is 0 Å². The summed E-state index contributed by atoms with van der Waals surface area (Å²) >= 11 is 0. The van der Waals surface area contributed by atoms with E-state index in [0.717, 1.165) is 0 Å². The Balaban J connectivity index is 2.79. The van der Waals surface area contributed by atoms with Gasteiger partial charge in [-0.05, 0) is 19.1 Å². The molecule has 0 saturated carbocycles. The van der Waals surface area contributed by atoms with Crippen molar-refractivity contribution in [1.82, 2.24) is 0 Å². The average molecular weight is 268 g/mol. The molecule has 0 aliphatic rings. The van der Waals surface area contributed by atoms with Gasteiger partial charge >= 0.3 is 0 Å². The van der Waals surface area contributed by atoms with Crippen molar-refractivity contribution in [2.45, 2.75) is 13.0 Å². The Morgan fingerprint density at radius 1 is 1.32 bits per heavy atom. The molecule has 0 heterocycles. The molecular weight excluding hydrogens is 248 g/mol. The summed E-state index contributed by atoms with van der Waals surface area (Å²) in [6.45, 7) is 2.49. The molecule has 0 saturated heterocycles. The minimum absolute atomic E-state index is 0.256. The number of hydrogen-bond acceptors (Lipinski definition) is 5. The Morgan fingerprint density at radius 2 is 2.05 bits per heavy atom. The van der Waals surface area contributed by atoms with E-state index in [1.54, 1.807) is 39.3 Å². The number of ether oxygens (including phenoxy) is 3. The number of benzene rings is 1. The number of carbonyl (C=O) groups is 1. The molecule has 1 aromatic rings. The highest BCUT2D eigenvalue weighted by Gasteiger charge is 2.10. The SMILES string of the molecule is COCCOc1cc(NC(=O)[C@H](C)N)ccc1OC. The van der Waals surface area contributed by atoms with Crippen LogP contribution < -0.4 is 20.5 Å². The lowest BCUT2D eigenvalue weighted by molar-refractivity contribution is -0.117. The van der Waals surface area contributed by atoms with E-state index in [0.29, 0.717) is 30.4 Å². The highest BCUT2D eigenvalue weighted by molar-refractivity contribution is 5.94. The normalized spacial score (nSPS) is 11.8. The topological polar surface area (TPSA) is 82.8 Å². The number of rotatable bonds is 7. The monoisotopic (exact) mass is 268 g/mol. The number of carbonyl (C=O) groups excluding carboxylic acids is 1. The largest absolute Gasteiger partial charge is 0.493 e. The third kappa shape index (κ3) is 4.76. The third-order valence-electron chi connectivity index (χ3n) is 2.39. The van der Waals surface area contributed by atoms with Gasteiger partial charge in [-0.25, -0.2) is 0 Å². The van der Waals surface area contributed by atoms with Gasteiger partial charge in [0, 0.05) is 18.9 Å². The summed E-state index contributed by atoms with van der Waals surface area (Å²) in [5, 5.41) is 2.69. The van der Waals surface area contributed by atoms with Crippen molar-refractivity contribution in [3.63, 3.8) is 0 Å². The Labute approximate surface area is 112 Å². The van der Waals surface area contributed by atoms with E-state index < -0.39 is 6.04 Å². The van der Waals surface area contributed by atoms with E-state index in [4.69, 9.17) is 19.9 Å². The molecule has 1 atom stereocenters. The van der Waals surface area contributed by atoms with Gasteiger partial charge in [0.2, 0.25) is 5.91 Å². The molecule has 0 spiro atoms. The smallest absolute Gasteiger partial charge is 0.241 e. The quantitative estimate of drug-likeness (QED) is 0.721. The van der Waals surface area contributed by atoms with E-state index in [-0.39, 0.29) is 5.91 Å². The molecule has 0 aliphatic heterocycles. The predicted octanol–water partition coefficient (Wildman–Crippen LogP) is 1.01. The Morgan fingerprint density at radius 3 is 2.63 bits per heavy atom. The number of hydrogen-bond donors (Lipinski definition) is 2. The molecular formula is C13H20N2O4. The highest BCUT2D eigenvalue weighted by Crippen LogP contribution is 2.30. The second-order valence-corrected chi connectivity index (χ2v) is 3.98. The van der Waals surface area contributed by atoms with Gasteiger partial charge in [0.25, 0.3) is 0 Å². The van der Waals surface area contributed by atoms with Crippen molar-refractivity contribution in [3.8, 4) is 11.5 Å². The van der Waals surface area contributed by atoms with Crippen LogP contribution in [-0.4, -0.2) is 39.4 Å². The lowest BCUT2D eigenvalue weighted by atomic mass is 10.2. The number of amides is 1. The van der Waals surface area contributed by atoms with Crippen LogP contribution in [0, 0.1) is 0 Å². The summed E-state index contributed by atoms with van der Waals surface area (Å²) in [4.78, 5) is 11.5. The highest BCUT2D eigenvalue weighted by atomic mass is 16.5. The second-order valence-electron chi connectivity index (χ2n) is 3.98. The maximum absolute atomic E-state index is 11.5. The molecule has 1 rings (SSSR count). The summed E-state index contributed by atoms with van der Waals surface area (Å²) in [5.74, 6) is 0.880. The van der Waals surface area contributed by atoms with Gasteiger partial charge < -0.3 is 25.3 Å². The van der Waals surface area contributed by atoms with Crippen molar-refractivity contribution in [2.24, 2.45) is 5.73 Å². The molecule has 0 fully saturated rings. The molecule has 1 amide bonds. The molecule has 0 aliphatic carbocycles. The van der Waals surface area contributed by atoms with Crippen molar-refractivity contribution in [3.05, 3.63) is 18.2 Å². The van der Waals surface area contributed by atoms with Gasteiger partial charge in [-0.2, -0.15) is 0 Å². The predicted molar refractivity (Wildman–Crippen MR) is 72.6 cm³/mol.